The maximum Gasteiger partial charge on any atom is 0.336 e. The van der Waals surface area contributed by atoms with Gasteiger partial charge in [-0.2, -0.15) is 0 Å². The molecule has 5 rings (SSSR count). The smallest absolute Gasteiger partial charge is 0.336 e. The van der Waals surface area contributed by atoms with Gasteiger partial charge in [-0.15, -0.1) is 0 Å². The molecule has 45 heavy (non-hydrogen) atoms. The van der Waals surface area contributed by atoms with Crippen LogP contribution in [0.2, 0.25) is 0 Å². The first-order valence-corrected chi connectivity index (χ1v) is 15.2. The van der Waals surface area contributed by atoms with Gasteiger partial charge in [0.1, 0.15) is 0 Å². The lowest BCUT2D eigenvalue weighted by Gasteiger charge is -2.45. The van der Waals surface area contributed by atoms with E-state index in [2.05, 4.69) is 109 Å². The molecule has 1 aliphatic rings. The van der Waals surface area contributed by atoms with Gasteiger partial charge in [-0.25, -0.2) is 4.79 Å². The molecule has 0 amide bonds. The highest BCUT2D eigenvalue weighted by atomic mass is 16.4. The molecule has 1 saturated carbocycles. The Bertz CT molecular complexity index is 1570. The maximum atomic E-state index is 10.3. The predicted octanol–water partition coefficient (Wildman–Crippen LogP) is 5.71. The number of rotatable bonds is 11. The summed E-state index contributed by atoms with van der Waals surface area (Å²) in [6.07, 6.45) is 4.79. The molecule has 0 saturated heterocycles. The minimum Gasteiger partial charge on any atom is -0.481 e. The number of H-pyrrole nitrogens is 1. The number of nitrogens with one attached hydrogen (secondary N) is 1. The van der Waals surface area contributed by atoms with Crippen LogP contribution in [-0.4, -0.2) is 73.5 Å². The van der Waals surface area contributed by atoms with Crippen molar-refractivity contribution in [1.82, 2.24) is 9.88 Å². The van der Waals surface area contributed by atoms with Crippen molar-refractivity contribution < 1.29 is 34.8 Å². The van der Waals surface area contributed by atoms with Crippen LogP contribution in [0, 0.1) is 0 Å². The second kappa shape index (κ2) is 14.5. The lowest BCUT2D eigenvalue weighted by Crippen LogP contribution is -2.48. The number of carboxylic acids is 3. The summed E-state index contributed by atoms with van der Waals surface area (Å²) in [5, 5.41) is 35.2. The number of aromatic amines is 1. The van der Waals surface area contributed by atoms with Gasteiger partial charge in [0.25, 0.3) is 0 Å². The molecule has 0 atom stereocenters. The molecule has 3 aromatic carbocycles. The van der Waals surface area contributed by atoms with Gasteiger partial charge in [0, 0.05) is 22.1 Å². The van der Waals surface area contributed by atoms with Crippen LogP contribution in [-0.2, 0) is 27.2 Å². The second-order valence-corrected chi connectivity index (χ2v) is 12.3. The van der Waals surface area contributed by atoms with Gasteiger partial charge in [0.15, 0.2) is 5.60 Å². The van der Waals surface area contributed by atoms with E-state index in [1.807, 2.05) is 0 Å². The largest absolute Gasteiger partial charge is 0.481 e. The quantitative estimate of drug-likeness (QED) is 0.144. The van der Waals surface area contributed by atoms with Crippen molar-refractivity contribution in [2.75, 3.05) is 14.1 Å². The Labute approximate surface area is 263 Å². The number of likely N-dealkylation sites (N-methyl/N-ethyl adjacent to an activating group) is 1. The van der Waals surface area contributed by atoms with E-state index in [1.54, 1.807) is 0 Å². The topological polar surface area (TPSA) is 151 Å². The van der Waals surface area contributed by atoms with Gasteiger partial charge in [-0.3, -0.25) is 9.59 Å². The van der Waals surface area contributed by atoms with Gasteiger partial charge in [0.05, 0.1) is 12.8 Å². The summed E-state index contributed by atoms with van der Waals surface area (Å²) in [6, 6.07) is 30.8. The summed E-state index contributed by atoms with van der Waals surface area (Å²) in [4.78, 5) is 36.8. The van der Waals surface area contributed by atoms with E-state index in [4.69, 9.17) is 20.4 Å². The average Bonchev–Trinajstić information content (AvgIpc) is 3.36. The summed E-state index contributed by atoms with van der Waals surface area (Å²) in [5.41, 5.74) is 4.61. The van der Waals surface area contributed by atoms with Gasteiger partial charge in [-0.05, 0) is 81.3 Å². The van der Waals surface area contributed by atoms with Crippen molar-refractivity contribution in [2.45, 2.75) is 68.4 Å². The molecule has 1 fully saturated rings. The summed E-state index contributed by atoms with van der Waals surface area (Å²) in [7, 11) is 4.54. The predicted molar refractivity (Wildman–Crippen MR) is 172 cm³/mol. The van der Waals surface area contributed by atoms with Gasteiger partial charge in [0.2, 0.25) is 0 Å². The fourth-order valence-electron chi connectivity index (χ4n) is 6.48. The number of hydrogen-bond donors (Lipinski definition) is 5. The Morgan fingerprint density at radius 3 is 1.82 bits per heavy atom. The van der Waals surface area contributed by atoms with E-state index in [-0.39, 0.29) is 5.54 Å². The third kappa shape index (κ3) is 8.38. The van der Waals surface area contributed by atoms with E-state index in [1.165, 1.54) is 59.0 Å². The normalized spacial score (nSPS) is 18.3. The van der Waals surface area contributed by atoms with Gasteiger partial charge >= 0.3 is 17.9 Å². The number of aliphatic carboxylic acids is 3. The van der Waals surface area contributed by atoms with Crippen LogP contribution in [0.25, 0.3) is 10.9 Å². The SMILES string of the molecule is CN(C)C1(Cc2ccccc2)CCC(c2[nH]c3ccccc3c2Cc2ccccc2)CC1.O=C(O)CC(O)(CC(=O)O)C(=O)O. The lowest BCUT2D eigenvalue weighted by molar-refractivity contribution is -0.170. The zero-order valence-corrected chi connectivity index (χ0v) is 25.8. The molecule has 9 nitrogen and oxygen atoms in total. The molecule has 0 radical (unpaired) electrons. The minimum atomic E-state index is -2.74. The maximum absolute atomic E-state index is 10.3. The number of benzene rings is 3. The average molecular weight is 615 g/mol. The Kier molecular flexibility index (Phi) is 10.8. The third-order valence-corrected chi connectivity index (χ3v) is 9.01. The van der Waals surface area contributed by atoms with Crippen molar-refractivity contribution in [3.63, 3.8) is 0 Å². The molecule has 1 aromatic heterocycles. The molecule has 1 aliphatic carbocycles. The Balaban J connectivity index is 0.000000302. The van der Waals surface area contributed by atoms with Crippen LogP contribution in [0.15, 0.2) is 84.9 Å². The number of hydrogen-bond acceptors (Lipinski definition) is 5. The first-order valence-electron chi connectivity index (χ1n) is 15.2. The molecule has 5 N–H and O–H groups in total. The van der Waals surface area contributed by atoms with Crippen LogP contribution in [0.1, 0.15) is 66.8 Å². The number of para-hydroxylation sites is 1. The number of aromatic nitrogens is 1. The highest BCUT2D eigenvalue weighted by Gasteiger charge is 2.41. The van der Waals surface area contributed by atoms with E-state index >= 15 is 0 Å². The Morgan fingerprint density at radius 2 is 1.31 bits per heavy atom. The van der Waals surface area contributed by atoms with E-state index in [0.29, 0.717) is 5.92 Å². The van der Waals surface area contributed by atoms with E-state index in [9.17, 15) is 14.4 Å². The fraction of sp³-hybridized carbons (Fsp3) is 0.361. The van der Waals surface area contributed by atoms with Crippen molar-refractivity contribution in [3.05, 3.63) is 107 Å². The van der Waals surface area contributed by atoms with Crippen LogP contribution >= 0.6 is 0 Å². The lowest BCUT2D eigenvalue weighted by atomic mass is 9.71. The zero-order chi connectivity index (χ0) is 32.6. The number of nitrogens with zero attached hydrogens (tertiary/aromatic N) is 1. The molecule has 238 valence electrons. The molecule has 0 bridgehead atoms. The summed E-state index contributed by atoms with van der Waals surface area (Å²) < 4.78 is 0. The molecular formula is C36H42N2O7. The van der Waals surface area contributed by atoms with Crippen LogP contribution in [0.4, 0.5) is 0 Å². The number of aliphatic hydroxyl groups is 1. The van der Waals surface area contributed by atoms with Gasteiger partial charge in [-0.1, -0.05) is 78.9 Å². The number of carbonyl (C=O) groups is 3. The molecule has 1 heterocycles. The summed E-state index contributed by atoms with van der Waals surface area (Å²) in [5.74, 6) is -4.42. The van der Waals surface area contributed by atoms with E-state index < -0.39 is 36.4 Å². The Morgan fingerprint density at radius 1 is 0.800 bits per heavy atom. The summed E-state index contributed by atoms with van der Waals surface area (Å²) in [6.45, 7) is 0. The standard InChI is InChI=1S/C30H34N2.C6H8O7/c1-32(2)30(22-24-13-7-4-8-14-24)19-17-25(18-20-30)29-27(21-23-11-5-3-6-12-23)26-15-9-10-16-28(26)31-29;7-3(8)1-6(13,5(11)12)2-4(9)10/h3-16,25,31H,17-22H2,1-2H3;13H,1-2H2,(H,7,8)(H,9,10)(H,11,12). The number of carboxylic acid groups (broad SMARTS) is 3. The molecular weight excluding hydrogens is 572 g/mol. The molecule has 0 spiro atoms. The minimum absolute atomic E-state index is 0.253. The van der Waals surface area contributed by atoms with Crippen LogP contribution in [0.5, 0.6) is 0 Å². The highest BCUT2D eigenvalue weighted by molar-refractivity contribution is 5.88. The van der Waals surface area contributed by atoms with E-state index in [0.717, 1.165) is 12.8 Å². The van der Waals surface area contributed by atoms with Crippen molar-refractivity contribution in [2.24, 2.45) is 0 Å². The monoisotopic (exact) mass is 614 g/mol. The zero-order valence-electron chi connectivity index (χ0n) is 25.8. The number of fused-ring (bicyclic) bond motifs is 1. The molecule has 0 aliphatic heterocycles. The van der Waals surface area contributed by atoms with Gasteiger partial charge < -0.3 is 30.3 Å². The first-order chi connectivity index (χ1) is 21.4. The van der Waals surface area contributed by atoms with Crippen LogP contribution in [0.3, 0.4) is 0 Å². The first kappa shape index (κ1) is 33.4. The van der Waals surface area contributed by atoms with Crippen molar-refractivity contribution >= 4 is 28.8 Å². The molecule has 4 aromatic rings. The van der Waals surface area contributed by atoms with Crippen molar-refractivity contribution in [1.29, 1.82) is 0 Å². The van der Waals surface area contributed by atoms with Crippen LogP contribution < -0.4 is 0 Å². The second-order valence-electron chi connectivity index (χ2n) is 12.3. The fourth-order valence-corrected chi connectivity index (χ4v) is 6.48. The third-order valence-electron chi connectivity index (χ3n) is 9.01. The van der Waals surface area contributed by atoms with Crippen molar-refractivity contribution in [3.8, 4) is 0 Å². The molecule has 9 heteroatoms. The summed E-state index contributed by atoms with van der Waals surface area (Å²) >= 11 is 0. The highest BCUT2D eigenvalue weighted by Crippen LogP contribution is 2.44. The molecule has 0 unspecified atom stereocenters. The Hall–Kier alpha value is -4.47.